The first-order chi connectivity index (χ1) is 8.53. The molecule has 0 radical (unpaired) electrons. The molecule has 0 saturated heterocycles. The summed E-state index contributed by atoms with van der Waals surface area (Å²) in [5.74, 6) is 0.0462. The molecule has 0 spiro atoms. The van der Waals surface area contributed by atoms with E-state index in [1.165, 1.54) is 16.9 Å². The van der Waals surface area contributed by atoms with Crippen LogP contribution in [0.4, 0.5) is 0 Å². The standard InChI is InChI=1S/C9H10BrN5O2S/c1-2-15-8(12-13-14-15)6-18(16,17)9-4-3-7(10)5-11-9/h3-5H,2,6H2,1H3. The first-order valence-electron chi connectivity index (χ1n) is 5.12. The molecule has 2 aromatic rings. The van der Waals surface area contributed by atoms with Gasteiger partial charge < -0.3 is 0 Å². The fraction of sp³-hybridized carbons (Fsp3) is 0.333. The van der Waals surface area contributed by atoms with Gasteiger partial charge in [-0.1, -0.05) is 0 Å². The van der Waals surface area contributed by atoms with Crippen LogP contribution >= 0.6 is 15.9 Å². The van der Waals surface area contributed by atoms with Crippen LogP contribution in [0.3, 0.4) is 0 Å². The molecule has 7 nitrogen and oxygen atoms in total. The average Bonchev–Trinajstić information content (AvgIpc) is 2.76. The molecule has 0 unspecified atom stereocenters. The zero-order valence-electron chi connectivity index (χ0n) is 9.49. The summed E-state index contributed by atoms with van der Waals surface area (Å²) in [6.07, 6.45) is 1.44. The first-order valence-corrected chi connectivity index (χ1v) is 7.57. The highest BCUT2D eigenvalue weighted by Crippen LogP contribution is 2.15. The second-order valence-electron chi connectivity index (χ2n) is 3.48. The van der Waals surface area contributed by atoms with Gasteiger partial charge in [-0.25, -0.2) is 18.1 Å². The molecule has 0 fully saturated rings. The lowest BCUT2D eigenvalue weighted by atomic mass is 10.5. The molecular weight excluding hydrogens is 322 g/mol. The monoisotopic (exact) mass is 331 g/mol. The van der Waals surface area contributed by atoms with E-state index >= 15 is 0 Å². The molecule has 0 aromatic carbocycles. The smallest absolute Gasteiger partial charge is 0.202 e. The molecule has 9 heteroatoms. The van der Waals surface area contributed by atoms with Crippen LogP contribution in [0.15, 0.2) is 27.8 Å². The van der Waals surface area contributed by atoms with E-state index in [9.17, 15) is 8.42 Å². The lowest BCUT2D eigenvalue weighted by Gasteiger charge is -2.03. The van der Waals surface area contributed by atoms with Gasteiger partial charge in [0.15, 0.2) is 10.9 Å². The summed E-state index contributed by atoms with van der Waals surface area (Å²) in [6, 6.07) is 3.07. The van der Waals surface area contributed by atoms with Crippen molar-refractivity contribution in [1.29, 1.82) is 0 Å². The largest absolute Gasteiger partial charge is 0.244 e. The van der Waals surface area contributed by atoms with Crippen molar-refractivity contribution in [2.75, 3.05) is 0 Å². The third-order valence-electron chi connectivity index (χ3n) is 2.24. The normalized spacial score (nSPS) is 11.7. The fourth-order valence-electron chi connectivity index (χ4n) is 1.36. The maximum atomic E-state index is 12.1. The van der Waals surface area contributed by atoms with Crippen LogP contribution in [0, 0.1) is 0 Å². The molecule has 0 aliphatic heterocycles. The Bertz CT molecular complexity index is 637. The zero-order chi connectivity index (χ0) is 13.2. The average molecular weight is 332 g/mol. The Morgan fingerprint density at radius 2 is 2.17 bits per heavy atom. The summed E-state index contributed by atoms with van der Waals surface area (Å²) in [5, 5.41) is 10.9. The van der Waals surface area contributed by atoms with Gasteiger partial charge in [0.25, 0.3) is 0 Å². The fourth-order valence-corrected chi connectivity index (χ4v) is 2.78. The number of sulfone groups is 1. The van der Waals surface area contributed by atoms with Crippen LogP contribution < -0.4 is 0 Å². The predicted molar refractivity (Wildman–Crippen MR) is 66.3 cm³/mol. The highest BCUT2D eigenvalue weighted by molar-refractivity contribution is 9.10. The van der Waals surface area contributed by atoms with Gasteiger partial charge in [-0.15, -0.1) is 5.10 Å². The van der Waals surface area contributed by atoms with Gasteiger partial charge in [0.1, 0.15) is 5.75 Å². The Morgan fingerprint density at radius 1 is 1.39 bits per heavy atom. The van der Waals surface area contributed by atoms with E-state index in [4.69, 9.17) is 0 Å². The van der Waals surface area contributed by atoms with Crippen LogP contribution in [-0.4, -0.2) is 33.6 Å². The summed E-state index contributed by atoms with van der Waals surface area (Å²) < 4.78 is 26.3. The molecule has 18 heavy (non-hydrogen) atoms. The summed E-state index contributed by atoms with van der Waals surface area (Å²) in [7, 11) is -3.53. The Kier molecular flexibility index (Phi) is 3.71. The molecule has 2 heterocycles. The van der Waals surface area contributed by atoms with E-state index in [-0.39, 0.29) is 10.8 Å². The van der Waals surface area contributed by atoms with Crippen LogP contribution in [0.5, 0.6) is 0 Å². The van der Waals surface area contributed by atoms with Crippen LogP contribution in [0.1, 0.15) is 12.7 Å². The van der Waals surface area contributed by atoms with Crippen LogP contribution in [-0.2, 0) is 22.1 Å². The minimum atomic E-state index is -3.53. The molecule has 0 aliphatic carbocycles. The highest BCUT2D eigenvalue weighted by Gasteiger charge is 2.20. The molecule has 0 N–H and O–H groups in total. The van der Waals surface area contributed by atoms with Crippen molar-refractivity contribution < 1.29 is 8.42 Å². The van der Waals surface area contributed by atoms with E-state index in [0.29, 0.717) is 12.4 Å². The number of aryl methyl sites for hydroxylation is 1. The number of hydrogen-bond donors (Lipinski definition) is 0. The van der Waals surface area contributed by atoms with E-state index in [2.05, 4.69) is 36.4 Å². The van der Waals surface area contributed by atoms with Gasteiger partial charge in [0.05, 0.1) is 0 Å². The first kappa shape index (κ1) is 13.1. The summed E-state index contributed by atoms with van der Waals surface area (Å²) in [6.45, 7) is 2.36. The Morgan fingerprint density at radius 3 is 2.78 bits per heavy atom. The highest BCUT2D eigenvalue weighted by atomic mass is 79.9. The molecule has 96 valence electrons. The molecule has 0 atom stereocenters. The minimum Gasteiger partial charge on any atom is -0.244 e. The van der Waals surface area contributed by atoms with E-state index in [1.54, 1.807) is 6.07 Å². The van der Waals surface area contributed by atoms with E-state index in [1.807, 2.05) is 6.92 Å². The quantitative estimate of drug-likeness (QED) is 0.823. The number of pyridine rings is 1. The Balaban J connectivity index is 2.30. The van der Waals surface area contributed by atoms with Crippen molar-refractivity contribution in [3.05, 3.63) is 28.6 Å². The van der Waals surface area contributed by atoms with Gasteiger partial charge in [0.2, 0.25) is 9.84 Å². The number of tetrazole rings is 1. The van der Waals surface area contributed by atoms with E-state index < -0.39 is 9.84 Å². The summed E-state index contributed by atoms with van der Waals surface area (Å²) >= 11 is 3.20. The maximum Gasteiger partial charge on any atom is 0.202 e. The Labute approximate surface area is 112 Å². The van der Waals surface area contributed by atoms with Crippen molar-refractivity contribution in [2.24, 2.45) is 0 Å². The molecule has 2 rings (SSSR count). The number of hydrogen-bond acceptors (Lipinski definition) is 6. The second-order valence-corrected chi connectivity index (χ2v) is 6.34. The molecule has 0 amide bonds. The molecule has 0 bridgehead atoms. The van der Waals surface area contributed by atoms with Crippen LogP contribution in [0.25, 0.3) is 0 Å². The van der Waals surface area contributed by atoms with Gasteiger partial charge >= 0.3 is 0 Å². The lowest BCUT2D eigenvalue weighted by Crippen LogP contribution is -2.12. The Hall–Kier alpha value is -1.35. The third kappa shape index (κ3) is 2.72. The lowest BCUT2D eigenvalue weighted by molar-refractivity contribution is 0.578. The van der Waals surface area contributed by atoms with E-state index in [0.717, 1.165) is 4.47 Å². The number of aromatic nitrogens is 5. The number of halogens is 1. The molecule has 2 aromatic heterocycles. The SMILES string of the molecule is CCn1nnnc1CS(=O)(=O)c1ccc(Br)cn1. The third-order valence-corrected chi connectivity index (χ3v) is 4.23. The van der Waals surface area contributed by atoms with Gasteiger partial charge in [-0.2, -0.15) is 0 Å². The van der Waals surface area contributed by atoms with Crippen molar-refractivity contribution in [3.8, 4) is 0 Å². The number of rotatable bonds is 4. The minimum absolute atomic E-state index is 0.0105. The summed E-state index contributed by atoms with van der Waals surface area (Å²) in [5.41, 5.74) is 0. The van der Waals surface area contributed by atoms with Crippen molar-refractivity contribution in [1.82, 2.24) is 25.2 Å². The summed E-state index contributed by atoms with van der Waals surface area (Å²) in [4.78, 5) is 3.87. The topological polar surface area (TPSA) is 90.6 Å². The van der Waals surface area contributed by atoms with Crippen molar-refractivity contribution >= 4 is 25.8 Å². The van der Waals surface area contributed by atoms with Gasteiger partial charge in [0, 0.05) is 17.2 Å². The predicted octanol–water partition coefficient (Wildman–Crippen LogP) is 0.824. The van der Waals surface area contributed by atoms with Gasteiger partial charge in [-0.05, 0) is 45.4 Å². The maximum absolute atomic E-state index is 12.1. The second kappa shape index (κ2) is 5.11. The van der Waals surface area contributed by atoms with Crippen molar-refractivity contribution in [3.63, 3.8) is 0 Å². The van der Waals surface area contributed by atoms with Gasteiger partial charge in [-0.3, -0.25) is 0 Å². The molecular formula is C9H10BrN5O2S. The zero-order valence-corrected chi connectivity index (χ0v) is 11.9. The molecule has 0 saturated carbocycles. The number of nitrogens with zero attached hydrogens (tertiary/aromatic N) is 5. The molecule has 0 aliphatic rings. The van der Waals surface area contributed by atoms with Crippen molar-refractivity contribution in [2.45, 2.75) is 24.2 Å². The van der Waals surface area contributed by atoms with Crippen LogP contribution in [0.2, 0.25) is 0 Å².